The van der Waals surface area contributed by atoms with Crippen molar-refractivity contribution in [3.63, 3.8) is 0 Å². The summed E-state index contributed by atoms with van der Waals surface area (Å²) in [7, 11) is 0. The van der Waals surface area contributed by atoms with Crippen molar-refractivity contribution in [1.82, 2.24) is 0 Å². The molecule has 0 fully saturated rings. The topological polar surface area (TPSA) is 55.1 Å². The second-order valence-electron chi connectivity index (χ2n) is 5.00. The average Bonchev–Trinajstić information content (AvgIpc) is 2.20. The summed E-state index contributed by atoms with van der Waals surface area (Å²) in [5, 5.41) is 2.72. The van der Waals surface area contributed by atoms with E-state index in [-0.39, 0.29) is 17.3 Å². The summed E-state index contributed by atoms with van der Waals surface area (Å²) in [6.07, 6.45) is 0.971. The zero-order chi connectivity index (χ0) is 13.1. The SMILES string of the molecule is Cc1cc(NC(=O)CCC(C)(C)N)ccc1F. The molecular weight excluding hydrogens is 219 g/mol. The Bertz CT molecular complexity index is 410. The molecule has 3 nitrogen and oxygen atoms in total. The van der Waals surface area contributed by atoms with Crippen LogP contribution in [-0.4, -0.2) is 11.4 Å². The Labute approximate surface area is 101 Å². The first-order valence-electron chi connectivity index (χ1n) is 5.63. The molecule has 1 aromatic carbocycles. The van der Waals surface area contributed by atoms with E-state index in [0.717, 1.165) is 0 Å². The first kappa shape index (κ1) is 13.6. The third kappa shape index (κ3) is 4.95. The van der Waals surface area contributed by atoms with Crippen LogP contribution >= 0.6 is 0 Å². The molecule has 0 aliphatic rings. The van der Waals surface area contributed by atoms with Gasteiger partial charge < -0.3 is 11.1 Å². The van der Waals surface area contributed by atoms with Crippen LogP contribution < -0.4 is 11.1 Å². The fourth-order valence-electron chi connectivity index (χ4n) is 1.38. The third-order valence-corrected chi connectivity index (χ3v) is 2.44. The molecule has 3 N–H and O–H groups in total. The van der Waals surface area contributed by atoms with Gasteiger partial charge in [-0.15, -0.1) is 0 Å². The number of carbonyl (C=O) groups is 1. The van der Waals surface area contributed by atoms with Gasteiger partial charge in [0.2, 0.25) is 5.91 Å². The number of aryl methyl sites for hydroxylation is 1. The van der Waals surface area contributed by atoms with Crippen LogP contribution in [0.15, 0.2) is 18.2 Å². The highest BCUT2D eigenvalue weighted by Crippen LogP contribution is 2.15. The molecule has 0 unspecified atom stereocenters. The van der Waals surface area contributed by atoms with Crippen LogP contribution in [0.3, 0.4) is 0 Å². The van der Waals surface area contributed by atoms with E-state index >= 15 is 0 Å². The van der Waals surface area contributed by atoms with Crippen molar-refractivity contribution in [2.24, 2.45) is 5.73 Å². The maximum Gasteiger partial charge on any atom is 0.224 e. The first-order valence-corrected chi connectivity index (χ1v) is 5.63. The Morgan fingerprint density at radius 2 is 2.12 bits per heavy atom. The second-order valence-corrected chi connectivity index (χ2v) is 5.00. The molecule has 17 heavy (non-hydrogen) atoms. The number of hydrogen-bond donors (Lipinski definition) is 2. The zero-order valence-corrected chi connectivity index (χ0v) is 10.5. The molecule has 1 rings (SSSR count). The molecule has 94 valence electrons. The predicted molar refractivity (Wildman–Crippen MR) is 67.3 cm³/mol. The van der Waals surface area contributed by atoms with Crippen molar-refractivity contribution in [2.45, 2.75) is 39.2 Å². The smallest absolute Gasteiger partial charge is 0.224 e. The average molecular weight is 238 g/mol. The van der Waals surface area contributed by atoms with Crippen molar-refractivity contribution >= 4 is 11.6 Å². The number of nitrogens with two attached hydrogens (primary N) is 1. The van der Waals surface area contributed by atoms with E-state index < -0.39 is 0 Å². The molecule has 0 spiro atoms. The van der Waals surface area contributed by atoms with Crippen LogP contribution in [0.5, 0.6) is 0 Å². The van der Waals surface area contributed by atoms with Crippen LogP contribution in [0.1, 0.15) is 32.3 Å². The molecule has 0 saturated carbocycles. The number of nitrogens with one attached hydrogen (secondary N) is 1. The predicted octanol–water partition coefficient (Wildman–Crippen LogP) is 2.59. The van der Waals surface area contributed by atoms with Gasteiger partial charge in [0.15, 0.2) is 0 Å². The van der Waals surface area contributed by atoms with Gasteiger partial charge in [-0.05, 0) is 51.0 Å². The highest BCUT2D eigenvalue weighted by Gasteiger charge is 2.13. The number of hydrogen-bond acceptors (Lipinski definition) is 2. The lowest BCUT2D eigenvalue weighted by atomic mass is 10.00. The second kappa shape index (κ2) is 5.27. The van der Waals surface area contributed by atoms with Crippen LogP contribution in [0.4, 0.5) is 10.1 Å². The highest BCUT2D eigenvalue weighted by molar-refractivity contribution is 5.90. The van der Waals surface area contributed by atoms with Gasteiger partial charge in [0.25, 0.3) is 0 Å². The summed E-state index contributed by atoms with van der Waals surface area (Å²) in [5.41, 5.74) is 6.57. The van der Waals surface area contributed by atoms with Gasteiger partial charge in [-0.2, -0.15) is 0 Å². The van der Waals surface area contributed by atoms with Gasteiger partial charge in [-0.3, -0.25) is 4.79 Å². The van der Waals surface area contributed by atoms with E-state index in [9.17, 15) is 9.18 Å². The molecular formula is C13H19FN2O. The van der Waals surface area contributed by atoms with E-state index in [1.165, 1.54) is 6.07 Å². The molecule has 0 bridgehead atoms. The minimum Gasteiger partial charge on any atom is -0.326 e. The van der Waals surface area contributed by atoms with Crippen molar-refractivity contribution in [3.8, 4) is 0 Å². The molecule has 0 aromatic heterocycles. The van der Waals surface area contributed by atoms with Crippen molar-refractivity contribution in [2.75, 3.05) is 5.32 Å². The normalized spacial score (nSPS) is 11.4. The van der Waals surface area contributed by atoms with Gasteiger partial charge in [0.05, 0.1) is 0 Å². The molecule has 4 heteroatoms. The third-order valence-electron chi connectivity index (χ3n) is 2.44. The van der Waals surface area contributed by atoms with Gasteiger partial charge in [-0.1, -0.05) is 0 Å². The van der Waals surface area contributed by atoms with Crippen LogP contribution in [0.25, 0.3) is 0 Å². The van der Waals surface area contributed by atoms with Crippen LogP contribution in [0, 0.1) is 12.7 Å². The lowest BCUT2D eigenvalue weighted by Gasteiger charge is -2.17. The van der Waals surface area contributed by atoms with Crippen molar-refractivity contribution in [1.29, 1.82) is 0 Å². The number of halogens is 1. The largest absolute Gasteiger partial charge is 0.326 e. The summed E-state index contributed by atoms with van der Waals surface area (Å²) in [4.78, 5) is 11.6. The maximum atomic E-state index is 13.0. The standard InChI is InChI=1S/C13H19FN2O/c1-9-8-10(4-5-11(9)14)16-12(17)6-7-13(2,3)15/h4-5,8H,6-7,15H2,1-3H3,(H,16,17). The number of rotatable bonds is 4. The lowest BCUT2D eigenvalue weighted by Crippen LogP contribution is -2.33. The number of anilines is 1. The summed E-state index contributed by atoms with van der Waals surface area (Å²) < 4.78 is 13.0. The number of amides is 1. The Morgan fingerprint density at radius 3 is 2.65 bits per heavy atom. The maximum absolute atomic E-state index is 13.0. The minimum atomic E-state index is -0.351. The number of carbonyl (C=O) groups excluding carboxylic acids is 1. The van der Waals surface area contributed by atoms with E-state index in [1.54, 1.807) is 19.1 Å². The summed E-state index contributed by atoms with van der Waals surface area (Å²) >= 11 is 0. The fraction of sp³-hybridized carbons (Fsp3) is 0.462. The van der Waals surface area contributed by atoms with Crippen molar-refractivity contribution in [3.05, 3.63) is 29.6 Å². The summed E-state index contributed by atoms with van der Waals surface area (Å²) in [5.74, 6) is -0.374. The monoisotopic (exact) mass is 238 g/mol. The summed E-state index contributed by atoms with van der Waals surface area (Å²) in [6, 6.07) is 4.51. The zero-order valence-electron chi connectivity index (χ0n) is 10.5. The Balaban J connectivity index is 2.54. The van der Waals surface area contributed by atoms with Crippen molar-refractivity contribution < 1.29 is 9.18 Å². The Kier molecular flexibility index (Phi) is 4.23. The first-order chi connectivity index (χ1) is 7.78. The molecule has 0 saturated heterocycles. The molecule has 0 radical (unpaired) electrons. The van der Waals surface area contributed by atoms with Crippen LogP contribution in [-0.2, 0) is 4.79 Å². The van der Waals surface area contributed by atoms with E-state index in [0.29, 0.717) is 24.1 Å². The van der Waals surface area contributed by atoms with Gasteiger partial charge in [-0.25, -0.2) is 4.39 Å². The highest BCUT2D eigenvalue weighted by atomic mass is 19.1. The fourth-order valence-corrected chi connectivity index (χ4v) is 1.38. The summed E-state index contributed by atoms with van der Waals surface area (Å²) in [6.45, 7) is 5.42. The molecule has 1 amide bonds. The van der Waals surface area contributed by atoms with E-state index in [4.69, 9.17) is 5.73 Å². The molecule has 0 heterocycles. The van der Waals surface area contributed by atoms with Gasteiger partial charge in [0.1, 0.15) is 5.82 Å². The lowest BCUT2D eigenvalue weighted by molar-refractivity contribution is -0.116. The van der Waals surface area contributed by atoms with Gasteiger partial charge in [0, 0.05) is 17.6 Å². The molecule has 1 aromatic rings. The number of benzene rings is 1. The molecule has 0 atom stereocenters. The Hall–Kier alpha value is -1.42. The molecule has 0 aliphatic carbocycles. The van der Waals surface area contributed by atoms with E-state index in [1.807, 2.05) is 13.8 Å². The minimum absolute atomic E-state index is 0.102. The quantitative estimate of drug-likeness (QED) is 0.847. The van der Waals surface area contributed by atoms with E-state index in [2.05, 4.69) is 5.32 Å². The Morgan fingerprint density at radius 1 is 1.47 bits per heavy atom. The molecule has 0 aliphatic heterocycles. The van der Waals surface area contributed by atoms with Crippen LogP contribution in [0.2, 0.25) is 0 Å². The van der Waals surface area contributed by atoms with Gasteiger partial charge >= 0.3 is 0 Å².